The molecular formula is C28H32O4. The largest absolute Gasteiger partial charge is 0.462 e. The molecule has 0 amide bonds. The summed E-state index contributed by atoms with van der Waals surface area (Å²) in [7, 11) is 0. The van der Waals surface area contributed by atoms with E-state index in [-0.39, 0.29) is 28.9 Å². The van der Waals surface area contributed by atoms with Gasteiger partial charge in [0.1, 0.15) is 6.10 Å². The highest BCUT2D eigenvalue weighted by atomic mass is 16.5. The number of allylic oxidation sites excluding steroid dienone is 1. The molecule has 0 heterocycles. The van der Waals surface area contributed by atoms with Crippen molar-refractivity contribution in [2.75, 3.05) is 6.61 Å². The van der Waals surface area contributed by atoms with Crippen molar-refractivity contribution in [3.8, 4) is 0 Å². The molecule has 32 heavy (non-hydrogen) atoms. The number of hydrogen-bond donors (Lipinski definition) is 0. The summed E-state index contributed by atoms with van der Waals surface area (Å²) in [6.07, 6.45) is 5.21. The fourth-order valence-electron chi connectivity index (χ4n) is 5.79. The molecule has 2 bridgehead atoms. The molecule has 2 aromatic rings. The maximum atomic E-state index is 11.9. The predicted octanol–water partition coefficient (Wildman–Crippen LogP) is 6.07. The van der Waals surface area contributed by atoms with Gasteiger partial charge >= 0.3 is 11.9 Å². The first-order valence-corrected chi connectivity index (χ1v) is 11.5. The summed E-state index contributed by atoms with van der Waals surface area (Å²) in [5.74, 6) is -0.502. The number of fused-ring (bicyclic) bond motifs is 5. The standard InChI is InChI=1S/C28H32O4/c1-6-31-25(30)21-10-8-20(9-11-21)16-18(2)22-12-13-23-24(17-22)28(5)15-7-14-27(23,4)26(28)32-19(3)29/h8-13,16-17,26H,6-7,14-15H2,1-5H3/b18-16+. The average Bonchev–Trinajstić information content (AvgIpc) is 2.85. The van der Waals surface area contributed by atoms with Crippen LogP contribution in [-0.4, -0.2) is 24.6 Å². The summed E-state index contributed by atoms with van der Waals surface area (Å²) in [5.41, 5.74) is 6.24. The number of esters is 2. The van der Waals surface area contributed by atoms with Crippen LogP contribution >= 0.6 is 0 Å². The molecule has 0 radical (unpaired) electrons. The van der Waals surface area contributed by atoms with E-state index in [4.69, 9.17) is 9.47 Å². The number of benzene rings is 2. The van der Waals surface area contributed by atoms with Crippen LogP contribution in [0.3, 0.4) is 0 Å². The predicted molar refractivity (Wildman–Crippen MR) is 126 cm³/mol. The van der Waals surface area contributed by atoms with Crippen LogP contribution in [0.5, 0.6) is 0 Å². The van der Waals surface area contributed by atoms with Gasteiger partial charge in [-0.15, -0.1) is 0 Å². The Kier molecular flexibility index (Phi) is 5.74. The maximum absolute atomic E-state index is 11.9. The third-order valence-electron chi connectivity index (χ3n) is 7.34. The Morgan fingerprint density at radius 2 is 1.59 bits per heavy atom. The zero-order chi connectivity index (χ0) is 23.1. The summed E-state index contributed by atoms with van der Waals surface area (Å²) in [6.45, 7) is 10.3. The monoisotopic (exact) mass is 432 g/mol. The molecule has 3 unspecified atom stereocenters. The van der Waals surface area contributed by atoms with Crippen molar-refractivity contribution in [2.45, 2.75) is 70.8 Å². The summed E-state index contributed by atoms with van der Waals surface area (Å²) >= 11 is 0. The lowest BCUT2D eigenvalue weighted by Crippen LogP contribution is -2.49. The summed E-state index contributed by atoms with van der Waals surface area (Å²) in [6, 6.07) is 14.2. The molecule has 2 aromatic carbocycles. The zero-order valence-electron chi connectivity index (χ0n) is 19.7. The lowest BCUT2D eigenvalue weighted by molar-refractivity contribution is -0.156. The van der Waals surface area contributed by atoms with Crippen LogP contribution in [0.1, 0.15) is 86.5 Å². The van der Waals surface area contributed by atoms with Crippen molar-refractivity contribution < 1.29 is 19.1 Å². The van der Waals surface area contributed by atoms with Crippen molar-refractivity contribution in [1.29, 1.82) is 0 Å². The van der Waals surface area contributed by atoms with E-state index in [2.05, 4.69) is 45.0 Å². The lowest BCUT2D eigenvalue weighted by atomic mass is 9.66. The fraction of sp³-hybridized carbons (Fsp3) is 0.429. The van der Waals surface area contributed by atoms with E-state index in [9.17, 15) is 9.59 Å². The highest BCUT2D eigenvalue weighted by Crippen LogP contribution is 2.59. The number of ether oxygens (including phenoxy) is 2. The third-order valence-corrected chi connectivity index (χ3v) is 7.34. The summed E-state index contributed by atoms with van der Waals surface area (Å²) in [4.78, 5) is 23.8. The van der Waals surface area contributed by atoms with Crippen LogP contribution < -0.4 is 0 Å². The van der Waals surface area contributed by atoms with E-state index in [1.54, 1.807) is 19.1 Å². The van der Waals surface area contributed by atoms with Gasteiger partial charge in [-0.2, -0.15) is 0 Å². The Morgan fingerprint density at radius 3 is 2.22 bits per heavy atom. The van der Waals surface area contributed by atoms with Gasteiger partial charge in [-0.05, 0) is 66.6 Å². The van der Waals surface area contributed by atoms with Gasteiger partial charge < -0.3 is 9.47 Å². The first-order chi connectivity index (χ1) is 15.2. The van der Waals surface area contributed by atoms with Crippen molar-refractivity contribution in [1.82, 2.24) is 0 Å². The quantitative estimate of drug-likeness (QED) is 0.425. The molecule has 2 aliphatic rings. The second kappa shape index (κ2) is 8.23. The molecule has 0 spiro atoms. The van der Waals surface area contributed by atoms with Crippen LogP contribution in [0.25, 0.3) is 11.6 Å². The van der Waals surface area contributed by atoms with Crippen molar-refractivity contribution >= 4 is 23.6 Å². The van der Waals surface area contributed by atoms with Gasteiger partial charge in [-0.3, -0.25) is 4.79 Å². The van der Waals surface area contributed by atoms with Crippen LogP contribution in [0.2, 0.25) is 0 Å². The lowest BCUT2D eigenvalue weighted by Gasteiger charge is -2.43. The van der Waals surface area contributed by atoms with Crippen LogP contribution in [0.4, 0.5) is 0 Å². The van der Waals surface area contributed by atoms with Crippen molar-refractivity contribution in [3.05, 3.63) is 70.3 Å². The Labute approximate surface area is 190 Å². The number of rotatable bonds is 5. The van der Waals surface area contributed by atoms with E-state index >= 15 is 0 Å². The van der Waals surface area contributed by atoms with E-state index in [1.165, 1.54) is 18.1 Å². The summed E-state index contributed by atoms with van der Waals surface area (Å²) in [5, 5.41) is 0. The van der Waals surface area contributed by atoms with E-state index in [0.717, 1.165) is 36.0 Å². The van der Waals surface area contributed by atoms with Crippen LogP contribution in [0.15, 0.2) is 42.5 Å². The SMILES string of the molecule is CCOC(=O)c1ccc(/C=C(\C)c2ccc3c(c2)C2(C)CCCC3(C)C2OC(C)=O)cc1. The smallest absolute Gasteiger partial charge is 0.338 e. The minimum Gasteiger partial charge on any atom is -0.462 e. The van der Waals surface area contributed by atoms with Gasteiger partial charge in [0, 0.05) is 17.8 Å². The number of carbonyl (C=O) groups excluding carboxylic acids is 2. The second-order valence-electron chi connectivity index (χ2n) is 9.61. The zero-order valence-corrected chi connectivity index (χ0v) is 19.7. The van der Waals surface area contributed by atoms with E-state index in [0.29, 0.717) is 12.2 Å². The second-order valence-corrected chi connectivity index (χ2v) is 9.61. The third kappa shape index (κ3) is 3.66. The average molecular weight is 433 g/mol. The molecule has 0 aliphatic heterocycles. The topological polar surface area (TPSA) is 52.6 Å². The van der Waals surface area contributed by atoms with Gasteiger partial charge in [-0.1, -0.05) is 56.7 Å². The maximum Gasteiger partial charge on any atom is 0.338 e. The van der Waals surface area contributed by atoms with E-state index < -0.39 is 0 Å². The molecular weight excluding hydrogens is 400 g/mol. The minimum absolute atomic E-state index is 0.119. The number of carbonyl (C=O) groups is 2. The van der Waals surface area contributed by atoms with Gasteiger partial charge in [0.05, 0.1) is 12.2 Å². The Bertz CT molecular complexity index is 1080. The normalized spacial score (nSPS) is 26.4. The molecule has 4 nitrogen and oxygen atoms in total. The molecule has 1 fully saturated rings. The van der Waals surface area contributed by atoms with Crippen molar-refractivity contribution in [3.63, 3.8) is 0 Å². The Balaban J connectivity index is 1.66. The molecule has 4 rings (SSSR count). The molecule has 1 saturated carbocycles. The minimum atomic E-state index is -0.298. The van der Waals surface area contributed by atoms with Gasteiger partial charge in [0.15, 0.2) is 0 Å². The first kappa shape index (κ1) is 22.3. The van der Waals surface area contributed by atoms with Crippen LogP contribution in [0, 0.1) is 0 Å². The summed E-state index contributed by atoms with van der Waals surface area (Å²) < 4.78 is 11.0. The molecule has 0 N–H and O–H groups in total. The van der Waals surface area contributed by atoms with Gasteiger partial charge in [-0.25, -0.2) is 4.79 Å². The molecule has 0 aromatic heterocycles. The number of hydrogen-bond acceptors (Lipinski definition) is 4. The van der Waals surface area contributed by atoms with E-state index in [1.807, 2.05) is 12.1 Å². The Hall–Kier alpha value is -2.88. The van der Waals surface area contributed by atoms with Gasteiger partial charge in [0.25, 0.3) is 0 Å². The van der Waals surface area contributed by atoms with Gasteiger partial charge in [0.2, 0.25) is 0 Å². The van der Waals surface area contributed by atoms with Crippen molar-refractivity contribution in [2.24, 2.45) is 0 Å². The fourth-order valence-corrected chi connectivity index (χ4v) is 5.79. The molecule has 4 heteroatoms. The molecule has 0 saturated heterocycles. The highest BCUT2D eigenvalue weighted by Gasteiger charge is 2.59. The molecule has 3 atom stereocenters. The first-order valence-electron chi connectivity index (χ1n) is 11.5. The molecule has 168 valence electrons. The van der Waals surface area contributed by atoms with Crippen LogP contribution in [-0.2, 0) is 25.1 Å². The Morgan fingerprint density at radius 1 is 0.969 bits per heavy atom. The molecule has 2 aliphatic carbocycles. The highest BCUT2D eigenvalue weighted by molar-refractivity contribution is 5.90.